The van der Waals surface area contributed by atoms with Gasteiger partial charge >= 0.3 is 0 Å². The molecule has 0 atom stereocenters. The summed E-state index contributed by atoms with van der Waals surface area (Å²) >= 11 is 0. The zero-order valence-electron chi connectivity index (χ0n) is 12.0. The van der Waals surface area contributed by atoms with Gasteiger partial charge in [-0.05, 0) is 48.6 Å². The number of carbonyl (C=O) groups is 1. The van der Waals surface area contributed by atoms with Crippen molar-refractivity contribution in [1.29, 1.82) is 0 Å². The van der Waals surface area contributed by atoms with Crippen LogP contribution in [0.3, 0.4) is 0 Å². The van der Waals surface area contributed by atoms with Crippen molar-refractivity contribution >= 4 is 5.91 Å². The summed E-state index contributed by atoms with van der Waals surface area (Å²) in [6.07, 6.45) is 1.66. The van der Waals surface area contributed by atoms with Gasteiger partial charge in [0.2, 0.25) is 5.91 Å². The molecule has 0 heterocycles. The maximum Gasteiger partial charge on any atom is 0.230 e. The van der Waals surface area contributed by atoms with Crippen molar-refractivity contribution < 1.29 is 9.18 Å². The first kappa shape index (κ1) is 13.8. The van der Waals surface area contributed by atoms with Crippen molar-refractivity contribution in [1.82, 2.24) is 5.32 Å². The van der Waals surface area contributed by atoms with E-state index in [4.69, 9.17) is 0 Å². The molecule has 1 aliphatic rings. The maximum atomic E-state index is 13.0. The highest BCUT2D eigenvalue weighted by atomic mass is 19.1. The second-order valence-corrected chi connectivity index (χ2v) is 5.70. The summed E-state index contributed by atoms with van der Waals surface area (Å²) in [5, 5.41) is 3.02. The molecule has 0 aromatic heterocycles. The fraction of sp³-hybridized carbons (Fsp3) is 0.278. The van der Waals surface area contributed by atoms with E-state index in [1.807, 2.05) is 31.2 Å². The zero-order valence-corrected chi connectivity index (χ0v) is 12.0. The third-order valence-electron chi connectivity index (χ3n) is 4.28. The topological polar surface area (TPSA) is 29.1 Å². The fourth-order valence-electron chi connectivity index (χ4n) is 2.69. The predicted octanol–water partition coefficient (Wildman–Crippen LogP) is 3.48. The number of hydrogen-bond donors (Lipinski definition) is 1. The van der Waals surface area contributed by atoms with Crippen LogP contribution in [-0.2, 0) is 16.8 Å². The molecule has 2 nitrogen and oxygen atoms in total. The van der Waals surface area contributed by atoms with Crippen LogP contribution in [0.25, 0.3) is 0 Å². The minimum atomic E-state index is -0.448. The van der Waals surface area contributed by atoms with Gasteiger partial charge in [0.15, 0.2) is 0 Å². The molecule has 0 spiro atoms. The third-order valence-corrected chi connectivity index (χ3v) is 4.28. The molecule has 2 aromatic carbocycles. The molecule has 1 aliphatic carbocycles. The van der Waals surface area contributed by atoms with Crippen LogP contribution in [-0.4, -0.2) is 5.91 Å². The standard InChI is InChI=1S/C18H18FNO/c1-13-4-2-3-5-14(13)12-20-17(21)18(10-11-18)15-6-8-16(19)9-7-15/h2-9H,10-12H2,1H3,(H,20,21). The van der Waals surface area contributed by atoms with Crippen molar-refractivity contribution in [2.45, 2.75) is 31.7 Å². The highest BCUT2D eigenvalue weighted by Gasteiger charge is 2.51. The molecule has 1 saturated carbocycles. The molecule has 3 rings (SSSR count). The van der Waals surface area contributed by atoms with Crippen molar-refractivity contribution in [3.05, 3.63) is 71.0 Å². The molecule has 21 heavy (non-hydrogen) atoms. The smallest absolute Gasteiger partial charge is 0.230 e. The molecule has 3 heteroatoms. The molecule has 2 aromatic rings. The number of carbonyl (C=O) groups excluding carboxylic acids is 1. The largest absolute Gasteiger partial charge is 0.351 e. The molecule has 0 saturated heterocycles. The van der Waals surface area contributed by atoms with Crippen molar-refractivity contribution in [3.63, 3.8) is 0 Å². The van der Waals surface area contributed by atoms with Gasteiger partial charge in [-0.2, -0.15) is 0 Å². The third kappa shape index (κ3) is 2.68. The van der Waals surface area contributed by atoms with Gasteiger partial charge in [-0.15, -0.1) is 0 Å². The summed E-state index contributed by atoms with van der Waals surface area (Å²) in [6, 6.07) is 14.3. The average molecular weight is 283 g/mol. The normalized spacial score (nSPS) is 15.5. The van der Waals surface area contributed by atoms with Crippen LogP contribution in [0.1, 0.15) is 29.5 Å². The Hall–Kier alpha value is -2.16. The monoisotopic (exact) mass is 283 g/mol. The zero-order chi connectivity index (χ0) is 14.9. The summed E-state index contributed by atoms with van der Waals surface area (Å²) in [6.45, 7) is 2.57. The van der Waals surface area contributed by atoms with E-state index in [0.717, 1.165) is 24.0 Å². The van der Waals surface area contributed by atoms with E-state index in [1.54, 1.807) is 12.1 Å². The van der Waals surface area contributed by atoms with Crippen LogP contribution in [0.15, 0.2) is 48.5 Å². The molecule has 0 aliphatic heterocycles. The minimum Gasteiger partial charge on any atom is -0.351 e. The summed E-state index contributed by atoms with van der Waals surface area (Å²) in [7, 11) is 0. The summed E-state index contributed by atoms with van der Waals surface area (Å²) < 4.78 is 13.0. The van der Waals surface area contributed by atoms with Crippen LogP contribution in [0.2, 0.25) is 0 Å². The van der Waals surface area contributed by atoms with E-state index in [9.17, 15) is 9.18 Å². The molecular weight excluding hydrogens is 265 g/mol. The maximum absolute atomic E-state index is 13.0. The number of hydrogen-bond acceptors (Lipinski definition) is 1. The lowest BCUT2D eigenvalue weighted by Crippen LogP contribution is -2.34. The summed E-state index contributed by atoms with van der Waals surface area (Å²) in [4.78, 5) is 12.5. The van der Waals surface area contributed by atoms with Gasteiger partial charge in [0.25, 0.3) is 0 Å². The number of rotatable bonds is 4. The first-order valence-electron chi connectivity index (χ1n) is 7.21. The van der Waals surface area contributed by atoms with Crippen molar-refractivity contribution in [3.8, 4) is 0 Å². The minimum absolute atomic E-state index is 0.0392. The van der Waals surface area contributed by atoms with Gasteiger partial charge < -0.3 is 5.32 Å². The second-order valence-electron chi connectivity index (χ2n) is 5.70. The predicted molar refractivity (Wildman–Crippen MR) is 80.3 cm³/mol. The molecular formula is C18H18FNO. The van der Waals surface area contributed by atoms with Gasteiger partial charge in [-0.1, -0.05) is 36.4 Å². The average Bonchev–Trinajstić information content (AvgIpc) is 3.28. The number of aryl methyl sites for hydroxylation is 1. The van der Waals surface area contributed by atoms with Gasteiger partial charge in [0.05, 0.1) is 5.41 Å². The van der Waals surface area contributed by atoms with Crippen LogP contribution in [0.4, 0.5) is 4.39 Å². The van der Waals surface area contributed by atoms with Gasteiger partial charge in [-0.25, -0.2) is 4.39 Å². The molecule has 108 valence electrons. The summed E-state index contributed by atoms with van der Waals surface area (Å²) in [5.74, 6) is -0.229. The van der Waals surface area contributed by atoms with Gasteiger partial charge in [0.1, 0.15) is 5.82 Å². The lowest BCUT2D eigenvalue weighted by Gasteiger charge is -2.16. The molecule has 0 radical (unpaired) electrons. The Labute approximate surface area is 124 Å². The van der Waals surface area contributed by atoms with Gasteiger partial charge in [0, 0.05) is 6.54 Å². The lowest BCUT2D eigenvalue weighted by molar-refractivity contribution is -0.123. The van der Waals surface area contributed by atoms with Crippen LogP contribution < -0.4 is 5.32 Å². The number of amides is 1. The van der Waals surface area contributed by atoms with Crippen LogP contribution in [0, 0.1) is 12.7 Å². The summed E-state index contributed by atoms with van der Waals surface area (Å²) in [5.41, 5.74) is 2.76. The van der Waals surface area contributed by atoms with E-state index in [0.29, 0.717) is 6.54 Å². The number of benzene rings is 2. The van der Waals surface area contributed by atoms with E-state index >= 15 is 0 Å². The van der Waals surface area contributed by atoms with Crippen molar-refractivity contribution in [2.24, 2.45) is 0 Å². The fourth-order valence-corrected chi connectivity index (χ4v) is 2.69. The number of halogens is 1. The van der Waals surface area contributed by atoms with Crippen molar-refractivity contribution in [2.75, 3.05) is 0 Å². The Balaban J connectivity index is 1.71. The first-order chi connectivity index (χ1) is 10.1. The second kappa shape index (κ2) is 5.32. The number of nitrogens with one attached hydrogen (secondary N) is 1. The molecule has 1 amide bonds. The Morgan fingerprint density at radius 2 is 1.81 bits per heavy atom. The molecule has 1 N–H and O–H groups in total. The first-order valence-corrected chi connectivity index (χ1v) is 7.21. The lowest BCUT2D eigenvalue weighted by atomic mass is 9.95. The van der Waals surface area contributed by atoms with E-state index in [-0.39, 0.29) is 11.7 Å². The van der Waals surface area contributed by atoms with Crippen LogP contribution in [0.5, 0.6) is 0 Å². The highest BCUT2D eigenvalue weighted by Crippen LogP contribution is 2.48. The Bertz CT molecular complexity index is 659. The molecule has 1 fully saturated rings. The Morgan fingerprint density at radius 3 is 2.43 bits per heavy atom. The van der Waals surface area contributed by atoms with Crippen LogP contribution >= 0.6 is 0 Å². The van der Waals surface area contributed by atoms with E-state index < -0.39 is 5.41 Å². The van der Waals surface area contributed by atoms with E-state index in [1.165, 1.54) is 17.7 Å². The molecule has 0 bridgehead atoms. The molecule has 0 unspecified atom stereocenters. The highest BCUT2D eigenvalue weighted by molar-refractivity contribution is 5.91. The van der Waals surface area contributed by atoms with Gasteiger partial charge in [-0.3, -0.25) is 4.79 Å². The Morgan fingerprint density at radius 1 is 1.14 bits per heavy atom. The Kier molecular flexibility index (Phi) is 3.50. The SMILES string of the molecule is Cc1ccccc1CNC(=O)C1(c2ccc(F)cc2)CC1. The van der Waals surface area contributed by atoms with E-state index in [2.05, 4.69) is 5.32 Å². The quantitative estimate of drug-likeness (QED) is 0.914.